The van der Waals surface area contributed by atoms with Gasteiger partial charge < -0.3 is 19.6 Å². The first-order valence-corrected chi connectivity index (χ1v) is 16.9. The Labute approximate surface area is 289 Å². The van der Waals surface area contributed by atoms with E-state index in [1.165, 1.54) is 28.6 Å². The van der Waals surface area contributed by atoms with Gasteiger partial charge in [-0.25, -0.2) is 14.8 Å². The number of benzene rings is 2. The van der Waals surface area contributed by atoms with Crippen LogP contribution in [0.3, 0.4) is 0 Å². The number of nitrogens with zero attached hydrogens (tertiary/aromatic N) is 7. The van der Waals surface area contributed by atoms with Crippen LogP contribution < -0.4 is 10.9 Å². The zero-order chi connectivity index (χ0) is 34.0. The molecule has 1 amide bonds. The minimum absolute atomic E-state index is 0.121. The minimum atomic E-state index is -1.06. The third-order valence-electron chi connectivity index (χ3n) is 8.72. The Morgan fingerprint density at radius 2 is 1.90 bits per heavy atom. The minimum Gasteiger partial charge on any atom is -0.444 e. The third-order valence-corrected chi connectivity index (χ3v) is 9.83. The van der Waals surface area contributed by atoms with Gasteiger partial charge in [0.2, 0.25) is 0 Å². The molecule has 2 aromatic carbocycles. The Morgan fingerprint density at radius 1 is 1.10 bits per heavy atom. The van der Waals surface area contributed by atoms with E-state index in [0.717, 1.165) is 27.1 Å². The van der Waals surface area contributed by atoms with Crippen LogP contribution >= 0.6 is 22.9 Å². The molecule has 1 aliphatic heterocycles. The average Bonchev–Trinajstić information content (AvgIpc) is 3.89. The lowest BCUT2D eigenvalue weighted by molar-refractivity contribution is -0.0364. The number of fused-ring (bicyclic) bond motifs is 1. The molecule has 0 radical (unpaired) electrons. The third kappa shape index (κ3) is 7.27. The number of piperidine rings is 1. The molecule has 0 unspecified atom stereocenters. The number of carbonyl (C=O) groups is 1. The van der Waals surface area contributed by atoms with Crippen LogP contribution in [0.25, 0.3) is 33.6 Å². The van der Waals surface area contributed by atoms with E-state index >= 15 is 0 Å². The quantitative estimate of drug-likeness (QED) is 0.199. The second-order valence-corrected chi connectivity index (χ2v) is 13.5. The first-order chi connectivity index (χ1) is 23.7. The van der Waals surface area contributed by atoms with Gasteiger partial charge in [0.05, 0.1) is 40.8 Å². The van der Waals surface area contributed by atoms with Gasteiger partial charge in [0.1, 0.15) is 12.1 Å². The number of aryl methyl sites for hydroxylation is 1. The Kier molecular flexibility index (Phi) is 9.27. The number of hydrogen-bond donors (Lipinski definition) is 2. The van der Waals surface area contributed by atoms with Gasteiger partial charge in [-0.15, -0.1) is 11.3 Å². The van der Waals surface area contributed by atoms with Crippen LogP contribution in [0, 0.1) is 0 Å². The number of rotatable bonds is 10. The van der Waals surface area contributed by atoms with Crippen LogP contribution in [0.5, 0.6) is 0 Å². The number of aliphatic hydroxyl groups is 1. The summed E-state index contributed by atoms with van der Waals surface area (Å²) in [6, 6.07) is 13.4. The number of thiazole rings is 1. The van der Waals surface area contributed by atoms with Crippen molar-refractivity contribution in [3.63, 3.8) is 0 Å². The van der Waals surface area contributed by atoms with Crippen molar-refractivity contribution in [1.29, 1.82) is 0 Å². The van der Waals surface area contributed by atoms with Crippen molar-refractivity contribution < 1.29 is 19.1 Å². The van der Waals surface area contributed by atoms with E-state index < -0.39 is 11.7 Å². The molecule has 2 N–H and O–H groups in total. The lowest BCUT2D eigenvalue weighted by Gasteiger charge is -2.38. The van der Waals surface area contributed by atoms with E-state index in [9.17, 15) is 14.7 Å². The number of ether oxygens (including phenoxy) is 1. The van der Waals surface area contributed by atoms with Crippen molar-refractivity contribution in [2.75, 3.05) is 13.1 Å². The highest BCUT2D eigenvalue weighted by atomic mass is 35.5. The van der Waals surface area contributed by atoms with Gasteiger partial charge in [0.25, 0.3) is 5.56 Å². The number of amides is 1. The number of oxazole rings is 1. The Hall–Kier alpha value is -4.89. The Balaban J connectivity index is 0.970. The molecule has 0 bridgehead atoms. The number of carbonyl (C=O) groups excluding carboxylic acids is 1. The van der Waals surface area contributed by atoms with Crippen LogP contribution in [0.1, 0.15) is 28.8 Å². The molecular weight excluding hydrogens is 668 g/mol. The van der Waals surface area contributed by atoms with Crippen LogP contribution in [-0.4, -0.2) is 64.1 Å². The fourth-order valence-corrected chi connectivity index (χ4v) is 6.76. The van der Waals surface area contributed by atoms with Crippen LogP contribution in [0.15, 0.2) is 82.3 Å². The molecule has 0 atom stereocenters. The van der Waals surface area contributed by atoms with Gasteiger partial charge in [0, 0.05) is 55.6 Å². The number of halogens is 1. The van der Waals surface area contributed by atoms with Crippen molar-refractivity contribution in [3.8, 4) is 22.6 Å². The fraction of sp³-hybridized carbons (Fsp3) is 0.294. The number of nitrogens with one attached hydrogen (secondary N) is 1. The molecule has 1 aliphatic rings. The zero-order valence-electron chi connectivity index (χ0n) is 26.6. The fourth-order valence-electron chi connectivity index (χ4n) is 6.02. The number of hydrogen-bond acceptors (Lipinski definition) is 11. The molecule has 6 aromatic rings. The summed E-state index contributed by atoms with van der Waals surface area (Å²) in [4.78, 5) is 41.3. The summed E-state index contributed by atoms with van der Waals surface area (Å²) in [5, 5.41) is 19.4. The Bertz CT molecular complexity index is 2120. The molecule has 0 aliphatic carbocycles. The SMILES string of the molecule is Cn1nc2c(=O)n(CC3(O)CCN(Cc4ccc(-c5cnco5)cc4Cl)CC3)cnc2c1-c1ccc(CNC(=O)OCc2cncs2)cc1. The summed E-state index contributed by atoms with van der Waals surface area (Å²) in [6.07, 6.45) is 6.66. The van der Waals surface area contributed by atoms with Gasteiger partial charge in [-0.05, 0) is 30.0 Å². The molecule has 0 spiro atoms. The van der Waals surface area contributed by atoms with Crippen LogP contribution in [-0.2, 0) is 38.0 Å². The summed E-state index contributed by atoms with van der Waals surface area (Å²) in [7, 11) is 1.77. The summed E-state index contributed by atoms with van der Waals surface area (Å²) in [5.41, 5.74) is 5.28. The predicted molar refractivity (Wildman–Crippen MR) is 184 cm³/mol. The van der Waals surface area contributed by atoms with E-state index in [1.807, 2.05) is 42.5 Å². The molecule has 0 saturated carbocycles. The highest BCUT2D eigenvalue weighted by Crippen LogP contribution is 2.30. The smallest absolute Gasteiger partial charge is 0.407 e. The number of likely N-dealkylation sites (tertiary alicyclic amines) is 1. The van der Waals surface area contributed by atoms with Gasteiger partial charge in [-0.3, -0.25) is 23.9 Å². The van der Waals surface area contributed by atoms with Crippen LogP contribution in [0.2, 0.25) is 5.02 Å². The van der Waals surface area contributed by atoms with Crippen molar-refractivity contribution >= 4 is 40.1 Å². The first-order valence-electron chi connectivity index (χ1n) is 15.7. The van der Waals surface area contributed by atoms with Crippen molar-refractivity contribution in [1.82, 2.24) is 39.5 Å². The molecule has 5 heterocycles. The van der Waals surface area contributed by atoms with Crippen LogP contribution in [0.4, 0.5) is 4.79 Å². The van der Waals surface area contributed by atoms with E-state index in [2.05, 4.69) is 30.3 Å². The molecular formula is C34H33ClN8O5S. The molecule has 49 heavy (non-hydrogen) atoms. The Morgan fingerprint density at radius 3 is 2.61 bits per heavy atom. The van der Waals surface area contributed by atoms with E-state index in [-0.39, 0.29) is 24.2 Å². The van der Waals surface area contributed by atoms with Gasteiger partial charge in [0.15, 0.2) is 17.7 Å². The maximum Gasteiger partial charge on any atom is 0.407 e. The molecule has 4 aromatic heterocycles. The normalized spacial score (nSPS) is 14.7. The summed E-state index contributed by atoms with van der Waals surface area (Å²) in [6.45, 7) is 2.53. The largest absolute Gasteiger partial charge is 0.444 e. The zero-order valence-corrected chi connectivity index (χ0v) is 28.2. The van der Waals surface area contributed by atoms with E-state index in [1.54, 1.807) is 29.6 Å². The lowest BCUT2D eigenvalue weighted by atomic mass is 9.91. The van der Waals surface area contributed by atoms with Gasteiger partial charge >= 0.3 is 6.09 Å². The van der Waals surface area contributed by atoms with Crippen molar-refractivity contribution in [2.24, 2.45) is 7.05 Å². The van der Waals surface area contributed by atoms with Crippen molar-refractivity contribution in [3.05, 3.63) is 104 Å². The first kappa shape index (κ1) is 32.6. The summed E-state index contributed by atoms with van der Waals surface area (Å²) >= 11 is 8.01. The molecule has 252 valence electrons. The number of alkyl carbamates (subject to hydrolysis) is 1. The standard InChI is InChI=1S/C34H33ClN8O5S/c1-41-31(23-4-2-22(3-5-23)13-38-33(45)47-17-26-14-37-21-49-26)29-30(40-41)32(44)43(19-39-29)18-34(46)8-10-42(11-9-34)16-25-7-6-24(12-27(25)35)28-15-36-20-48-28/h2-7,12,14-15,19-21,46H,8-11,13,16-18H2,1H3,(H,38,45). The molecule has 1 saturated heterocycles. The molecule has 15 heteroatoms. The van der Waals surface area contributed by atoms with E-state index in [4.69, 9.17) is 20.8 Å². The molecule has 13 nitrogen and oxygen atoms in total. The maximum atomic E-state index is 13.6. The highest BCUT2D eigenvalue weighted by molar-refractivity contribution is 7.09. The topological polar surface area (TPSA) is 153 Å². The summed E-state index contributed by atoms with van der Waals surface area (Å²) < 4.78 is 13.7. The second kappa shape index (κ2) is 13.9. The summed E-state index contributed by atoms with van der Waals surface area (Å²) in [5.74, 6) is 0.657. The predicted octanol–water partition coefficient (Wildman–Crippen LogP) is 5.02. The second-order valence-electron chi connectivity index (χ2n) is 12.1. The van der Waals surface area contributed by atoms with Crippen molar-refractivity contribution in [2.45, 2.75) is 44.7 Å². The van der Waals surface area contributed by atoms with Gasteiger partial charge in [-0.1, -0.05) is 48.0 Å². The lowest BCUT2D eigenvalue weighted by Crippen LogP contribution is -2.47. The number of aromatic nitrogens is 6. The molecule has 1 fully saturated rings. The molecule has 7 rings (SSSR count). The van der Waals surface area contributed by atoms with Gasteiger partial charge in [-0.2, -0.15) is 5.10 Å². The average molecular weight is 701 g/mol. The monoisotopic (exact) mass is 700 g/mol. The highest BCUT2D eigenvalue weighted by Gasteiger charge is 2.33. The maximum absolute atomic E-state index is 13.6. The van der Waals surface area contributed by atoms with E-state index in [0.29, 0.717) is 61.0 Å².